The second-order valence-corrected chi connectivity index (χ2v) is 20.7. The van der Waals surface area contributed by atoms with Crippen molar-refractivity contribution in [2.45, 2.75) is 150 Å². The maximum absolute atomic E-state index is 13.1. The monoisotopic (exact) mass is 921 g/mol. The highest BCUT2D eigenvalue weighted by Gasteiger charge is 2.59. The number of carbonyl (C=O) groups excluding carboxylic acids is 2. The molecule has 0 saturated heterocycles. The van der Waals surface area contributed by atoms with Gasteiger partial charge in [0.1, 0.15) is 25.0 Å². The van der Waals surface area contributed by atoms with Gasteiger partial charge in [-0.3, -0.25) is 14.9 Å². The number of aromatic nitrogens is 3. The van der Waals surface area contributed by atoms with Crippen LogP contribution >= 0.6 is 0 Å². The Morgan fingerprint density at radius 3 is 2.48 bits per heavy atom. The number of nitrogens with one attached hydrogen (secondary N) is 1. The van der Waals surface area contributed by atoms with Crippen LogP contribution in [0.15, 0.2) is 30.0 Å². The number of nitrogens with zero attached hydrogens (tertiary/aromatic N) is 5. The molecule has 4 aliphatic carbocycles. The largest absolute Gasteiger partial charge is 0.508 e. The van der Waals surface area contributed by atoms with Crippen LogP contribution in [0.3, 0.4) is 0 Å². The van der Waals surface area contributed by atoms with Gasteiger partial charge in [-0.15, -0.1) is 5.10 Å². The zero-order valence-electron chi connectivity index (χ0n) is 40.8. The summed E-state index contributed by atoms with van der Waals surface area (Å²) in [6.45, 7) is 16.0. The first-order chi connectivity index (χ1) is 31.7. The Kier molecular flexibility index (Phi) is 18.3. The number of hydrogen-bond acceptors (Lipinski definition) is 13. The van der Waals surface area contributed by atoms with Crippen molar-refractivity contribution in [3.63, 3.8) is 0 Å². The molecule has 1 amide bonds. The van der Waals surface area contributed by atoms with Gasteiger partial charge >= 0.3 is 6.16 Å². The topological polar surface area (TPSA) is 212 Å². The molecule has 0 spiro atoms. The van der Waals surface area contributed by atoms with E-state index in [-0.39, 0.29) is 66.5 Å². The molecular weight excluding hydrogens is 841 g/mol. The van der Waals surface area contributed by atoms with Crippen LogP contribution in [0.4, 0.5) is 10.5 Å². The van der Waals surface area contributed by atoms with Crippen LogP contribution in [-0.2, 0) is 34.0 Å². The lowest BCUT2D eigenvalue weighted by Crippen LogP contribution is -2.51. The normalized spacial score (nSPS) is 26.2. The minimum Gasteiger partial charge on any atom is -0.493 e. The van der Waals surface area contributed by atoms with Gasteiger partial charge < -0.3 is 40.6 Å². The minimum atomic E-state index is -0.838. The SMILES string of the molecule is COc1cc(COC(=O)O[C@H]2CC[C@@]3(C)C(=CC[C@H]4[C@@H]5CC[C@H]([C@H](C)CCCC(C)C)[C@@]5(C)CC[C@@H]43)C2)c([N+](=O)[O-])cc1OCCn1cc(CNC(=O)CCN(CCCN)CCCN)nn1. The molecule has 0 unspecified atom stereocenters. The molecule has 2 aromatic rings. The molecule has 1 aromatic carbocycles. The molecule has 1 aromatic heterocycles. The molecule has 0 aliphatic heterocycles. The molecule has 0 radical (unpaired) electrons. The number of allylic oxidation sites excluding steroid dienone is 1. The van der Waals surface area contributed by atoms with E-state index < -0.39 is 11.1 Å². The molecule has 66 heavy (non-hydrogen) atoms. The van der Waals surface area contributed by atoms with Crippen molar-refractivity contribution in [3.8, 4) is 11.5 Å². The summed E-state index contributed by atoms with van der Waals surface area (Å²) in [6.07, 6.45) is 18.0. The number of fused-ring (bicyclic) bond motifs is 5. The number of hydrogen-bond donors (Lipinski definition) is 3. The van der Waals surface area contributed by atoms with Crippen LogP contribution < -0.4 is 26.3 Å². The highest BCUT2D eigenvalue weighted by atomic mass is 16.7. The predicted octanol–water partition coefficient (Wildman–Crippen LogP) is 8.34. The molecule has 1 heterocycles. The number of carbonyl (C=O) groups is 2. The Labute approximate surface area is 392 Å². The van der Waals surface area contributed by atoms with Crippen molar-refractivity contribution in [1.82, 2.24) is 25.2 Å². The lowest BCUT2D eigenvalue weighted by Gasteiger charge is -2.58. The van der Waals surface area contributed by atoms with Gasteiger partial charge in [-0.05, 0) is 136 Å². The summed E-state index contributed by atoms with van der Waals surface area (Å²) in [5.74, 6) is 4.86. The van der Waals surface area contributed by atoms with E-state index in [4.69, 9.17) is 30.4 Å². The van der Waals surface area contributed by atoms with E-state index in [1.54, 1.807) is 10.9 Å². The summed E-state index contributed by atoms with van der Waals surface area (Å²) in [4.78, 5) is 39.5. The summed E-state index contributed by atoms with van der Waals surface area (Å²) in [6, 6.07) is 2.73. The Morgan fingerprint density at radius 2 is 1.77 bits per heavy atom. The average Bonchev–Trinajstić information content (AvgIpc) is 3.91. The third-order valence-electron chi connectivity index (χ3n) is 16.1. The van der Waals surface area contributed by atoms with Crippen molar-refractivity contribution in [2.24, 2.45) is 57.8 Å². The van der Waals surface area contributed by atoms with Crippen molar-refractivity contribution < 1.29 is 33.5 Å². The average molecular weight is 921 g/mol. The fourth-order valence-corrected chi connectivity index (χ4v) is 12.5. The Morgan fingerprint density at radius 1 is 1.00 bits per heavy atom. The number of benzene rings is 1. The molecule has 0 bridgehead atoms. The first-order valence-electron chi connectivity index (χ1n) is 25.0. The van der Waals surface area contributed by atoms with Crippen LogP contribution in [-0.4, -0.2) is 89.4 Å². The van der Waals surface area contributed by atoms with E-state index in [0.29, 0.717) is 49.5 Å². The molecule has 8 atom stereocenters. The van der Waals surface area contributed by atoms with Gasteiger partial charge in [-0.25, -0.2) is 9.48 Å². The zero-order chi connectivity index (χ0) is 47.4. The molecule has 4 aliphatic rings. The van der Waals surface area contributed by atoms with Crippen LogP contribution in [0, 0.1) is 56.5 Å². The van der Waals surface area contributed by atoms with Crippen LogP contribution in [0.5, 0.6) is 11.5 Å². The maximum Gasteiger partial charge on any atom is 0.508 e. The third-order valence-corrected chi connectivity index (χ3v) is 16.1. The van der Waals surface area contributed by atoms with E-state index in [9.17, 15) is 19.7 Å². The highest BCUT2D eigenvalue weighted by Crippen LogP contribution is 2.67. The first-order valence-corrected chi connectivity index (χ1v) is 25.0. The van der Waals surface area contributed by atoms with E-state index >= 15 is 0 Å². The van der Waals surface area contributed by atoms with Crippen LogP contribution in [0.1, 0.15) is 136 Å². The lowest BCUT2D eigenvalue weighted by molar-refractivity contribution is -0.385. The first kappa shape index (κ1) is 51.1. The Bertz CT molecular complexity index is 1950. The number of nitro groups is 1. The van der Waals surface area contributed by atoms with Crippen molar-refractivity contribution in [2.75, 3.05) is 46.4 Å². The third kappa shape index (κ3) is 12.6. The summed E-state index contributed by atoms with van der Waals surface area (Å²) in [5.41, 5.74) is 13.8. The fraction of sp³-hybridized carbons (Fsp3) is 0.760. The standard InChI is InChI=1S/C50H80N8O8/c1-34(2)10-7-11-35(3)41-14-15-42-40-13-12-37-29-39(16-19-49(37,4)43(40)17-20-50(41,42)5)66-48(60)65-33-36-28-45(63-6)46(30-44(36)58(61)62)64-27-26-57-32-38(54-55-57)31-53-47(59)18-25-56(23-8-21-51)24-9-22-52/h12,28,30,32,34-35,39-43H,7-11,13-27,29,31,33,51-52H2,1-6H3,(H,53,59)/t35-,39+,40+,41-,42+,43+,49+,50-/m1/s1. The molecule has 16 heteroatoms. The summed E-state index contributed by atoms with van der Waals surface area (Å²) in [5, 5.41) is 23.4. The van der Waals surface area contributed by atoms with Crippen LogP contribution in [0.2, 0.25) is 0 Å². The van der Waals surface area contributed by atoms with Gasteiger partial charge in [0.2, 0.25) is 5.91 Å². The molecular formula is C50H80N8O8. The Hall–Kier alpha value is -4.28. The van der Waals surface area contributed by atoms with E-state index in [1.807, 2.05) is 0 Å². The summed E-state index contributed by atoms with van der Waals surface area (Å²) < 4.78 is 24.4. The second kappa shape index (κ2) is 23.6. The van der Waals surface area contributed by atoms with Gasteiger partial charge in [-0.1, -0.05) is 70.7 Å². The molecule has 3 fully saturated rings. The zero-order valence-corrected chi connectivity index (χ0v) is 40.8. The molecule has 3 saturated carbocycles. The lowest BCUT2D eigenvalue weighted by atomic mass is 9.47. The smallest absolute Gasteiger partial charge is 0.493 e. The highest BCUT2D eigenvalue weighted by molar-refractivity contribution is 5.76. The molecule has 16 nitrogen and oxygen atoms in total. The van der Waals surface area contributed by atoms with E-state index in [0.717, 1.165) is 74.8 Å². The number of nitro benzene ring substituents is 1. The molecule has 6 rings (SSSR count). The van der Waals surface area contributed by atoms with Crippen molar-refractivity contribution in [3.05, 3.63) is 51.4 Å². The fourth-order valence-electron chi connectivity index (χ4n) is 12.5. The van der Waals surface area contributed by atoms with Gasteiger partial charge in [0, 0.05) is 19.4 Å². The van der Waals surface area contributed by atoms with Gasteiger partial charge in [-0.2, -0.15) is 0 Å². The summed E-state index contributed by atoms with van der Waals surface area (Å²) >= 11 is 0. The van der Waals surface area contributed by atoms with E-state index in [1.165, 1.54) is 69.8 Å². The quantitative estimate of drug-likeness (QED) is 0.0370. The van der Waals surface area contributed by atoms with Crippen molar-refractivity contribution >= 4 is 17.7 Å². The second-order valence-electron chi connectivity index (χ2n) is 20.7. The number of amides is 1. The van der Waals surface area contributed by atoms with Gasteiger partial charge in [0.15, 0.2) is 11.5 Å². The summed E-state index contributed by atoms with van der Waals surface area (Å²) in [7, 11) is 1.44. The predicted molar refractivity (Wildman–Crippen MR) is 254 cm³/mol. The molecule has 368 valence electrons. The van der Waals surface area contributed by atoms with E-state index in [2.05, 4.69) is 61.2 Å². The number of rotatable bonds is 25. The molecule has 5 N–H and O–H groups in total. The van der Waals surface area contributed by atoms with Gasteiger partial charge in [0.05, 0.1) is 42.9 Å². The van der Waals surface area contributed by atoms with Crippen LogP contribution in [0.25, 0.3) is 0 Å². The van der Waals surface area contributed by atoms with Gasteiger partial charge in [0.25, 0.3) is 5.69 Å². The minimum absolute atomic E-state index is 0.0923. The number of methoxy groups -OCH3 is 1. The number of nitrogens with two attached hydrogens (primary N) is 2. The Balaban J connectivity index is 0.962. The maximum atomic E-state index is 13.1. The number of ether oxygens (including phenoxy) is 4. The van der Waals surface area contributed by atoms with Crippen molar-refractivity contribution in [1.29, 1.82) is 0 Å².